The van der Waals surface area contributed by atoms with E-state index >= 15 is 4.39 Å². The molecule has 34 heavy (non-hydrogen) atoms. The third-order valence-electron chi connectivity index (χ3n) is 5.45. The van der Waals surface area contributed by atoms with E-state index in [1.54, 1.807) is 6.07 Å². The largest absolute Gasteiger partial charge is 0.380 e. The van der Waals surface area contributed by atoms with Crippen LogP contribution in [0.4, 0.5) is 28.9 Å². The van der Waals surface area contributed by atoms with E-state index in [9.17, 15) is 18.0 Å². The van der Waals surface area contributed by atoms with Gasteiger partial charge in [-0.2, -0.15) is 0 Å². The zero-order chi connectivity index (χ0) is 22.8. The summed E-state index contributed by atoms with van der Waals surface area (Å²) in [6.45, 7) is 0. The predicted molar refractivity (Wildman–Crippen MR) is 128 cm³/mol. The first kappa shape index (κ1) is 27.4. The Hall–Kier alpha value is -2.88. The van der Waals surface area contributed by atoms with Crippen LogP contribution < -0.4 is 16.4 Å². The number of hydrogen-bond donors (Lipinski definition) is 3. The molecule has 1 saturated carbocycles. The van der Waals surface area contributed by atoms with Crippen molar-refractivity contribution in [1.82, 2.24) is 4.98 Å². The number of carbonyl (C=O) groups is 1. The molecule has 4 N–H and O–H groups in total. The molecule has 0 bridgehead atoms. The number of aromatic nitrogens is 1. The molecule has 2 aromatic carbocycles. The van der Waals surface area contributed by atoms with E-state index in [4.69, 9.17) is 5.73 Å². The summed E-state index contributed by atoms with van der Waals surface area (Å²) in [5.41, 5.74) is 4.39. The molecule has 0 radical (unpaired) electrons. The van der Waals surface area contributed by atoms with Crippen molar-refractivity contribution in [1.29, 1.82) is 0 Å². The van der Waals surface area contributed by atoms with E-state index in [1.165, 1.54) is 12.4 Å². The number of carbonyl (C=O) groups excluding carboxylic acids is 1. The highest BCUT2D eigenvalue weighted by Crippen LogP contribution is 2.33. The van der Waals surface area contributed by atoms with Gasteiger partial charge < -0.3 is 16.4 Å². The maximum Gasteiger partial charge on any atom is 0.258 e. The van der Waals surface area contributed by atoms with Crippen LogP contribution in [0.3, 0.4) is 0 Å². The van der Waals surface area contributed by atoms with E-state index in [0.29, 0.717) is 5.69 Å². The van der Waals surface area contributed by atoms with Gasteiger partial charge in [0.15, 0.2) is 0 Å². The van der Waals surface area contributed by atoms with Crippen LogP contribution in [0.5, 0.6) is 0 Å². The maximum atomic E-state index is 15.1. The zero-order valence-electron chi connectivity index (χ0n) is 17.7. The number of pyridine rings is 1. The van der Waals surface area contributed by atoms with Crippen molar-refractivity contribution < 1.29 is 22.4 Å². The van der Waals surface area contributed by atoms with Crippen LogP contribution in [0.1, 0.15) is 29.6 Å². The van der Waals surface area contributed by atoms with Crippen molar-refractivity contribution in [3.63, 3.8) is 0 Å². The van der Waals surface area contributed by atoms with Crippen LogP contribution in [0.25, 0.3) is 11.1 Å². The monoisotopic (exact) mass is 516 g/mol. The van der Waals surface area contributed by atoms with E-state index < -0.39 is 45.9 Å². The van der Waals surface area contributed by atoms with E-state index in [1.807, 2.05) is 0 Å². The minimum Gasteiger partial charge on any atom is -0.380 e. The molecule has 0 spiro atoms. The topological polar surface area (TPSA) is 80.0 Å². The van der Waals surface area contributed by atoms with Crippen molar-refractivity contribution in [2.45, 2.75) is 31.3 Å². The predicted octanol–water partition coefficient (Wildman–Crippen LogP) is 5.69. The highest BCUT2D eigenvalue weighted by molar-refractivity contribution is 6.06. The molecule has 1 aliphatic rings. The van der Waals surface area contributed by atoms with Crippen molar-refractivity contribution in [2.75, 3.05) is 10.6 Å². The molecule has 0 saturated heterocycles. The van der Waals surface area contributed by atoms with Gasteiger partial charge in [-0.15, -0.1) is 24.8 Å². The SMILES string of the molecule is Cl.Cl.N[C@H]1CC[C@H](Nc2ccncc2NC(=O)c2ccc(F)c(-c3c(F)cccc3F)c2F)C1. The lowest BCUT2D eigenvalue weighted by Gasteiger charge is -2.18. The highest BCUT2D eigenvalue weighted by Gasteiger charge is 2.26. The number of nitrogens with zero attached hydrogens (tertiary/aromatic N) is 1. The van der Waals surface area contributed by atoms with E-state index in [0.717, 1.165) is 49.6 Å². The fourth-order valence-electron chi connectivity index (χ4n) is 3.87. The van der Waals surface area contributed by atoms with Crippen molar-refractivity contribution in [2.24, 2.45) is 5.73 Å². The van der Waals surface area contributed by atoms with Gasteiger partial charge in [-0.3, -0.25) is 9.78 Å². The summed E-state index contributed by atoms with van der Waals surface area (Å²) in [4.78, 5) is 16.8. The van der Waals surface area contributed by atoms with Gasteiger partial charge in [-0.1, -0.05) is 6.07 Å². The molecule has 1 amide bonds. The van der Waals surface area contributed by atoms with E-state index in [2.05, 4.69) is 15.6 Å². The van der Waals surface area contributed by atoms with Crippen LogP contribution in [0.15, 0.2) is 48.8 Å². The Morgan fingerprint density at radius 3 is 2.24 bits per heavy atom. The van der Waals surface area contributed by atoms with Gasteiger partial charge in [0.2, 0.25) is 0 Å². The highest BCUT2D eigenvalue weighted by atomic mass is 35.5. The standard InChI is InChI=1S/C23H20F4N4O.2ClH/c24-15-2-1-3-16(25)20(15)21-17(26)7-6-14(22(21)27)23(32)31-19-11-29-9-8-18(19)30-13-5-4-12(28)10-13;;/h1-3,6-9,11-13H,4-5,10,28H2,(H,29,30)(H,31,32);2*1H/t12-,13-;;/m0../s1. The zero-order valence-corrected chi connectivity index (χ0v) is 19.3. The van der Waals surface area contributed by atoms with Crippen LogP contribution in [0, 0.1) is 23.3 Å². The van der Waals surface area contributed by atoms with Gasteiger partial charge in [0, 0.05) is 18.3 Å². The molecular weight excluding hydrogens is 495 g/mol. The Labute approximate surface area is 206 Å². The lowest BCUT2D eigenvalue weighted by atomic mass is 9.99. The number of nitrogens with one attached hydrogen (secondary N) is 2. The normalized spacial score (nSPS) is 16.9. The van der Waals surface area contributed by atoms with Gasteiger partial charge in [-0.25, -0.2) is 17.6 Å². The minimum atomic E-state index is -1.37. The van der Waals surface area contributed by atoms with Crippen LogP contribution in [-0.2, 0) is 0 Å². The third kappa shape index (κ3) is 5.60. The number of anilines is 2. The molecular formula is C23H22Cl2F4N4O. The molecule has 11 heteroatoms. The average molecular weight is 517 g/mol. The number of amides is 1. The lowest BCUT2D eigenvalue weighted by molar-refractivity contribution is 0.102. The molecule has 1 aromatic heterocycles. The minimum absolute atomic E-state index is 0. The van der Waals surface area contributed by atoms with Crippen LogP contribution in [-0.4, -0.2) is 23.0 Å². The van der Waals surface area contributed by atoms with Gasteiger partial charge >= 0.3 is 0 Å². The number of hydrogen-bond acceptors (Lipinski definition) is 4. The molecule has 1 heterocycles. The number of halogens is 6. The van der Waals surface area contributed by atoms with Crippen molar-refractivity contribution in [3.05, 3.63) is 77.6 Å². The van der Waals surface area contributed by atoms with Gasteiger partial charge in [0.1, 0.15) is 23.3 Å². The van der Waals surface area contributed by atoms with Gasteiger partial charge in [0.05, 0.1) is 34.3 Å². The Balaban J connectivity index is 0.00000204. The number of benzene rings is 2. The summed E-state index contributed by atoms with van der Waals surface area (Å²) < 4.78 is 57.8. The summed E-state index contributed by atoms with van der Waals surface area (Å²) in [5, 5.41) is 5.82. The summed E-state index contributed by atoms with van der Waals surface area (Å²) >= 11 is 0. The Morgan fingerprint density at radius 1 is 0.912 bits per heavy atom. The second kappa shape index (κ2) is 11.5. The lowest BCUT2D eigenvalue weighted by Crippen LogP contribution is -2.22. The van der Waals surface area contributed by atoms with Gasteiger partial charge in [-0.05, 0) is 49.6 Å². The fraction of sp³-hybridized carbons (Fsp3) is 0.217. The summed E-state index contributed by atoms with van der Waals surface area (Å²) in [6.07, 6.45) is 5.42. The molecule has 4 rings (SSSR count). The molecule has 0 aliphatic heterocycles. The Kier molecular flexibility index (Phi) is 9.26. The van der Waals surface area contributed by atoms with Crippen LogP contribution in [0.2, 0.25) is 0 Å². The molecule has 2 atom stereocenters. The van der Waals surface area contributed by atoms with Crippen molar-refractivity contribution >= 4 is 42.1 Å². The molecule has 3 aromatic rings. The molecule has 1 fully saturated rings. The second-order valence-corrected chi connectivity index (χ2v) is 7.67. The van der Waals surface area contributed by atoms with Crippen molar-refractivity contribution in [3.8, 4) is 11.1 Å². The number of rotatable bonds is 5. The average Bonchev–Trinajstić information content (AvgIpc) is 3.16. The second-order valence-electron chi connectivity index (χ2n) is 7.67. The van der Waals surface area contributed by atoms with E-state index in [-0.39, 0.29) is 42.6 Å². The maximum absolute atomic E-state index is 15.1. The summed E-state index contributed by atoms with van der Waals surface area (Å²) in [5.74, 6) is -5.77. The quantitative estimate of drug-likeness (QED) is 0.380. The third-order valence-corrected chi connectivity index (χ3v) is 5.45. The summed E-state index contributed by atoms with van der Waals surface area (Å²) in [6, 6.07) is 6.41. The first-order chi connectivity index (χ1) is 15.3. The first-order valence-electron chi connectivity index (χ1n) is 10.0. The number of nitrogens with two attached hydrogens (primary N) is 1. The Morgan fingerprint density at radius 2 is 1.59 bits per heavy atom. The molecule has 182 valence electrons. The summed E-state index contributed by atoms with van der Waals surface area (Å²) in [7, 11) is 0. The molecule has 1 aliphatic carbocycles. The van der Waals surface area contributed by atoms with Gasteiger partial charge in [0.25, 0.3) is 5.91 Å². The fourth-order valence-corrected chi connectivity index (χ4v) is 3.87. The Bertz CT molecular complexity index is 1160. The molecule has 0 unspecified atom stereocenters. The smallest absolute Gasteiger partial charge is 0.258 e. The molecule has 5 nitrogen and oxygen atoms in total. The van der Waals surface area contributed by atoms with Crippen LogP contribution >= 0.6 is 24.8 Å². The first-order valence-corrected chi connectivity index (χ1v) is 10.0.